The minimum Gasteiger partial charge on any atom is -0.450 e. The van der Waals surface area contributed by atoms with Crippen molar-refractivity contribution in [3.63, 3.8) is 0 Å². The Balaban J connectivity index is 0.00000288. The fourth-order valence-corrected chi connectivity index (χ4v) is 2.62. The Morgan fingerprint density at radius 1 is 1.17 bits per heavy atom. The molecule has 6 nitrogen and oxygen atoms in total. The zero-order valence-corrected chi connectivity index (χ0v) is 14.8. The molecule has 0 bridgehead atoms. The van der Waals surface area contributed by atoms with E-state index in [1.165, 1.54) is 0 Å². The SMILES string of the molecule is CCOC(=O)N1CCC(NCCNC(=O)c2ccccc2)CC1.Cl. The van der Waals surface area contributed by atoms with Crippen LogP contribution in [0.15, 0.2) is 30.3 Å². The minimum absolute atomic E-state index is 0. The normalized spacial score (nSPS) is 14.6. The number of piperidine rings is 1. The number of ether oxygens (including phenoxy) is 1. The van der Waals surface area contributed by atoms with Crippen LogP contribution in [0.25, 0.3) is 0 Å². The van der Waals surface area contributed by atoms with Gasteiger partial charge in [0.1, 0.15) is 0 Å². The first-order valence-electron chi connectivity index (χ1n) is 8.19. The third-order valence-electron chi connectivity index (χ3n) is 3.90. The molecule has 0 saturated carbocycles. The molecule has 0 aromatic heterocycles. The molecule has 2 rings (SSSR count). The standard InChI is InChI=1S/C17H25N3O3.ClH/c1-2-23-17(22)20-12-8-15(9-13-20)18-10-11-19-16(21)14-6-4-3-5-7-14;/h3-7,15,18H,2,8-13H2,1H3,(H,19,21);1H. The summed E-state index contributed by atoms with van der Waals surface area (Å²) in [5.41, 5.74) is 0.676. The van der Waals surface area contributed by atoms with E-state index in [9.17, 15) is 9.59 Å². The Morgan fingerprint density at radius 2 is 1.83 bits per heavy atom. The number of rotatable bonds is 6. The van der Waals surface area contributed by atoms with Gasteiger partial charge in [-0.3, -0.25) is 4.79 Å². The lowest BCUT2D eigenvalue weighted by atomic mass is 10.1. The molecule has 1 saturated heterocycles. The largest absolute Gasteiger partial charge is 0.450 e. The van der Waals surface area contributed by atoms with Crippen molar-refractivity contribution in [3.05, 3.63) is 35.9 Å². The fraction of sp³-hybridized carbons (Fsp3) is 0.529. The molecule has 0 spiro atoms. The van der Waals surface area contributed by atoms with Crippen molar-refractivity contribution in [2.24, 2.45) is 0 Å². The van der Waals surface area contributed by atoms with E-state index in [1.807, 2.05) is 25.1 Å². The summed E-state index contributed by atoms with van der Waals surface area (Å²) in [4.78, 5) is 25.2. The van der Waals surface area contributed by atoms with Crippen molar-refractivity contribution in [1.82, 2.24) is 15.5 Å². The second-order valence-corrected chi connectivity index (χ2v) is 5.54. The summed E-state index contributed by atoms with van der Waals surface area (Å²) < 4.78 is 5.00. The maximum Gasteiger partial charge on any atom is 0.409 e. The highest BCUT2D eigenvalue weighted by molar-refractivity contribution is 5.94. The van der Waals surface area contributed by atoms with Crippen LogP contribution < -0.4 is 10.6 Å². The number of benzene rings is 1. The van der Waals surface area contributed by atoms with Gasteiger partial charge < -0.3 is 20.3 Å². The monoisotopic (exact) mass is 355 g/mol. The van der Waals surface area contributed by atoms with Crippen molar-refractivity contribution in [2.75, 3.05) is 32.8 Å². The van der Waals surface area contributed by atoms with Gasteiger partial charge in [-0.15, -0.1) is 12.4 Å². The average molecular weight is 356 g/mol. The van der Waals surface area contributed by atoms with E-state index in [1.54, 1.807) is 17.0 Å². The van der Waals surface area contributed by atoms with Crippen LogP contribution in [0.2, 0.25) is 0 Å². The molecule has 1 aliphatic heterocycles. The van der Waals surface area contributed by atoms with Crippen molar-refractivity contribution >= 4 is 24.4 Å². The molecule has 1 fully saturated rings. The summed E-state index contributed by atoms with van der Waals surface area (Å²) in [5, 5.41) is 6.32. The van der Waals surface area contributed by atoms with E-state index in [0.717, 1.165) is 19.4 Å². The number of nitrogens with one attached hydrogen (secondary N) is 2. The molecule has 7 heteroatoms. The molecule has 0 atom stereocenters. The highest BCUT2D eigenvalue weighted by Crippen LogP contribution is 2.11. The molecule has 1 aromatic carbocycles. The Bertz CT molecular complexity index is 505. The predicted octanol–water partition coefficient (Wildman–Crippen LogP) is 2.05. The molecule has 2 N–H and O–H groups in total. The quantitative estimate of drug-likeness (QED) is 0.766. The number of nitrogens with zero attached hydrogens (tertiary/aromatic N) is 1. The van der Waals surface area contributed by atoms with E-state index in [4.69, 9.17) is 4.74 Å². The van der Waals surface area contributed by atoms with Gasteiger partial charge in [0.25, 0.3) is 5.91 Å². The summed E-state index contributed by atoms with van der Waals surface area (Å²) in [5.74, 6) is -0.0514. The zero-order chi connectivity index (χ0) is 16.5. The lowest BCUT2D eigenvalue weighted by Crippen LogP contribution is -2.46. The molecule has 134 valence electrons. The van der Waals surface area contributed by atoms with Gasteiger partial charge in [-0.25, -0.2) is 4.79 Å². The molecule has 1 aromatic rings. The van der Waals surface area contributed by atoms with Crippen molar-refractivity contribution in [2.45, 2.75) is 25.8 Å². The van der Waals surface area contributed by atoms with Crippen LogP contribution in [0.3, 0.4) is 0 Å². The number of carbonyl (C=O) groups excluding carboxylic acids is 2. The third kappa shape index (κ3) is 6.37. The molecule has 0 radical (unpaired) electrons. The molecule has 0 unspecified atom stereocenters. The van der Waals surface area contributed by atoms with Gasteiger partial charge in [0.15, 0.2) is 0 Å². The van der Waals surface area contributed by atoms with Crippen LogP contribution in [-0.2, 0) is 4.74 Å². The second kappa shape index (κ2) is 10.9. The number of hydrogen-bond acceptors (Lipinski definition) is 4. The summed E-state index contributed by atoms with van der Waals surface area (Å²) in [6, 6.07) is 9.58. The van der Waals surface area contributed by atoms with Crippen LogP contribution in [-0.4, -0.2) is 55.7 Å². The number of amides is 2. The van der Waals surface area contributed by atoms with Crippen LogP contribution in [0.4, 0.5) is 4.79 Å². The summed E-state index contributed by atoms with van der Waals surface area (Å²) in [7, 11) is 0. The topological polar surface area (TPSA) is 70.7 Å². The highest BCUT2D eigenvalue weighted by atomic mass is 35.5. The van der Waals surface area contributed by atoms with E-state index in [2.05, 4.69) is 10.6 Å². The van der Waals surface area contributed by atoms with E-state index >= 15 is 0 Å². The minimum atomic E-state index is -0.221. The van der Waals surface area contributed by atoms with Crippen LogP contribution >= 0.6 is 12.4 Å². The van der Waals surface area contributed by atoms with Crippen molar-refractivity contribution in [3.8, 4) is 0 Å². The number of carbonyl (C=O) groups is 2. The first-order chi connectivity index (χ1) is 11.2. The van der Waals surface area contributed by atoms with E-state index in [-0.39, 0.29) is 24.4 Å². The van der Waals surface area contributed by atoms with Crippen LogP contribution in [0.1, 0.15) is 30.1 Å². The van der Waals surface area contributed by atoms with Gasteiger partial charge in [-0.2, -0.15) is 0 Å². The molecule has 0 aliphatic carbocycles. The van der Waals surface area contributed by atoms with Gasteiger partial charge in [0, 0.05) is 37.8 Å². The van der Waals surface area contributed by atoms with Crippen molar-refractivity contribution in [1.29, 1.82) is 0 Å². The Labute approximate surface area is 149 Å². The first-order valence-corrected chi connectivity index (χ1v) is 8.19. The molecule has 1 aliphatic rings. The molecule has 2 amide bonds. The van der Waals surface area contributed by atoms with Crippen LogP contribution in [0, 0.1) is 0 Å². The lowest BCUT2D eigenvalue weighted by Gasteiger charge is -2.31. The summed E-state index contributed by atoms with van der Waals surface area (Å²) >= 11 is 0. The maximum atomic E-state index is 11.9. The van der Waals surface area contributed by atoms with Crippen molar-refractivity contribution < 1.29 is 14.3 Å². The molecular weight excluding hydrogens is 330 g/mol. The Kier molecular flexibility index (Phi) is 9.19. The smallest absolute Gasteiger partial charge is 0.409 e. The number of likely N-dealkylation sites (tertiary alicyclic amines) is 1. The van der Waals surface area contributed by atoms with Gasteiger partial charge >= 0.3 is 6.09 Å². The zero-order valence-electron chi connectivity index (χ0n) is 14.0. The van der Waals surface area contributed by atoms with E-state index < -0.39 is 0 Å². The number of halogens is 1. The Hall–Kier alpha value is -1.79. The fourth-order valence-electron chi connectivity index (χ4n) is 2.62. The second-order valence-electron chi connectivity index (χ2n) is 5.54. The highest BCUT2D eigenvalue weighted by Gasteiger charge is 2.22. The molecule has 1 heterocycles. The van der Waals surface area contributed by atoms with E-state index in [0.29, 0.717) is 37.8 Å². The van der Waals surface area contributed by atoms with Crippen LogP contribution in [0.5, 0.6) is 0 Å². The predicted molar refractivity (Wildman–Crippen MR) is 95.6 cm³/mol. The third-order valence-corrected chi connectivity index (χ3v) is 3.90. The van der Waals surface area contributed by atoms with Gasteiger partial charge in [-0.1, -0.05) is 18.2 Å². The molecule has 24 heavy (non-hydrogen) atoms. The maximum absolute atomic E-state index is 11.9. The Morgan fingerprint density at radius 3 is 2.46 bits per heavy atom. The van der Waals surface area contributed by atoms with Gasteiger partial charge in [0.2, 0.25) is 0 Å². The lowest BCUT2D eigenvalue weighted by molar-refractivity contribution is 0.0931. The van der Waals surface area contributed by atoms with Gasteiger partial charge in [0.05, 0.1) is 6.61 Å². The average Bonchev–Trinajstić information content (AvgIpc) is 2.60. The molecular formula is C17H26ClN3O3. The summed E-state index contributed by atoms with van der Waals surface area (Å²) in [6.45, 7) is 4.97. The van der Waals surface area contributed by atoms with Gasteiger partial charge in [-0.05, 0) is 31.9 Å². The first kappa shape index (κ1) is 20.3. The number of hydrogen-bond donors (Lipinski definition) is 2. The summed E-state index contributed by atoms with van der Waals surface area (Å²) in [6.07, 6.45) is 1.60.